The van der Waals surface area contributed by atoms with E-state index in [1.54, 1.807) is 5.38 Å². The Labute approximate surface area is 122 Å². The van der Waals surface area contributed by atoms with Gasteiger partial charge in [0, 0.05) is 11.6 Å². The molecule has 0 spiro atoms. The molecule has 1 heterocycles. The lowest BCUT2D eigenvalue weighted by Crippen LogP contribution is -2.16. The highest BCUT2D eigenvalue weighted by molar-refractivity contribution is 7.93. The molecule has 21 heavy (non-hydrogen) atoms. The van der Waals surface area contributed by atoms with Crippen molar-refractivity contribution in [2.45, 2.75) is 4.90 Å². The van der Waals surface area contributed by atoms with Gasteiger partial charge in [-0.2, -0.15) is 0 Å². The summed E-state index contributed by atoms with van der Waals surface area (Å²) in [6.45, 7) is -1.30. The third kappa shape index (κ3) is 3.73. The van der Waals surface area contributed by atoms with Crippen LogP contribution in [0.3, 0.4) is 0 Å². The number of anilines is 2. The zero-order valence-corrected chi connectivity index (χ0v) is 12.0. The number of amides is 1. The molecule has 112 valence electrons. The summed E-state index contributed by atoms with van der Waals surface area (Å²) in [5.41, 5.74) is -0.300. The lowest BCUT2D eigenvalue weighted by molar-refractivity contribution is -0.117. The minimum Gasteiger partial charge on any atom is -0.321 e. The van der Waals surface area contributed by atoms with E-state index in [1.165, 1.54) is 6.20 Å². The number of alkyl halides is 1. The topological polar surface area (TPSA) is 88.2 Å². The second-order valence-electron chi connectivity index (χ2n) is 3.77. The molecule has 1 amide bonds. The Morgan fingerprint density at radius 3 is 2.71 bits per heavy atom. The Kier molecular flexibility index (Phi) is 4.48. The number of hydrogen-bond acceptors (Lipinski definition) is 5. The highest BCUT2D eigenvalue weighted by Gasteiger charge is 2.18. The molecule has 0 aliphatic heterocycles. The van der Waals surface area contributed by atoms with E-state index in [9.17, 15) is 22.0 Å². The van der Waals surface area contributed by atoms with Crippen LogP contribution < -0.4 is 10.0 Å². The predicted molar refractivity (Wildman–Crippen MR) is 73.9 cm³/mol. The van der Waals surface area contributed by atoms with Crippen molar-refractivity contribution in [3.05, 3.63) is 35.6 Å². The van der Waals surface area contributed by atoms with E-state index in [1.807, 2.05) is 5.32 Å². The van der Waals surface area contributed by atoms with Gasteiger partial charge in [0.1, 0.15) is 5.82 Å². The van der Waals surface area contributed by atoms with Crippen molar-refractivity contribution in [3.8, 4) is 0 Å². The summed E-state index contributed by atoms with van der Waals surface area (Å²) in [4.78, 5) is 14.3. The zero-order valence-electron chi connectivity index (χ0n) is 10.3. The van der Waals surface area contributed by atoms with E-state index in [0.29, 0.717) is 0 Å². The maximum Gasteiger partial charge on any atom is 0.263 e. The molecule has 0 unspecified atom stereocenters. The van der Waals surface area contributed by atoms with Crippen LogP contribution in [0, 0.1) is 5.82 Å². The molecule has 0 saturated heterocycles. The first-order valence-corrected chi connectivity index (χ1v) is 7.86. The number of benzene rings is 1. The predicted octanol–water partition coefficient (Wildman–Crippen LogP) is 1.99. The van der Waals surface area contributed by atoms with Crippen molar-refractivity contribution in [2.24, 2.45) is 0 Å². The summed E-state index contributed by atoms with van der Waals surface area (Å²) < 4.78 is 51.9. The molecule has 0 saturated carbocycles. The van der Waals surface area contributed by atoms with Gasteiger partial charge in [0.15, 0.2) is 11.8 Å². The number of halogens is 2. The molecular formula is C11H9F2N3O3S2. The second kappa shape index (κ2) is 6.14. The number of thiazole rings is 1. The number of carbonyl (C=O) groups is 1. The Hall–Kier alpha value is -2.07. The van der Waals surface area contributed by atoms with Crippen LogP contribution >= 0.6 is 11.3 Å². The zero-order chi connectivity index (χ0) is 15.5. The molecule has 0 radical (unpaired) electrons. The van der Waals surface area contributed by atoms with Gasteiger partial charge in [-0.1, -0.05) is 0 Å². The first kappa shape index (κ1) is 15.3. The largest absolute Gasteiger partial charge is 0.321 e. The SMILES string of the molecule is O=C(CF)Nc1ccc(S(=O)(=O)Nc2nccs2)cc1F. The molecule has 0 aliphatic carbocycles. The summed E-state index contributed by atoms with van der Waals surface area (Å²) in [5, 5.41) is 3.69. The minimum absolute atomic E-state index is 0.144. The Morgan fingerprint density at radius 2 is 2.14 bits per heavy atom. The smallest absolute Gasteiger partial charge is 0.263 e. The van der Waals surface area contributed by atoms with Crippen LogP contribution in [-0.4, -0.2) is 26.0 Å². The monoisotopic (exact) mass is 333 g/mol. The Bertz CT molecular complexity index is 748. The fraction of sp³-hybridized carbons (Fsp3) is 0.0909. The van der Waals surface area contributed by atoms with Crippen LogP contribution in [0.15, 0.2) is 34.7 Å². The third-order valence-electron chi connectivity index (χ3n) is 2.30. The van der Waals surface area contributed by atoms with Crippen molar-refractivity contribution in [1.29, 1.82) is 0 Å². The van der Waals surface area contributed by atoms with Crippen molar-refractivity contribution >= 4 is 38.1 Å². The van der Waals surface area contributed by atoms with E-state index >= 15 is 0 Å². The Balaban J connectivity index is 2.25. The Morgan fingerprint density at radius 1 is 1.38 bits per heavy atom. The standard InChI is InChI=1S/C11H9F2N3O3S2/c12-6-10(17)15-9-2-1-7(5-8(9)13)21(18,19)16-11-14-3-4-20-11/h1-5H,6H2,(H,14,16)(H,15,17). The van der Waals surface area contributed by atoms with Crippen molar-refractivity contribution in [1.82, 2.24) is 4.98 Å². The number of rotatable bonds is 5. The van der Waals surface area contributed by atoms with Crippen LogP contribution in [0.5, 0.6) is 0 Å². The minimum atomic E-state index is -3.99. The van der Waals surface area contributed by atoms with Gasteiger partial charge >= 0.3 is 0 Å². The van der Waals surface area contributed by atoms with Gasteiger partial charge < -0.3 is 5.32 Å². The number of nitrogens with zero attached hydrogens (tertiary/aromatic N) is 1. The van der Waals surface area contributed by atoms with Crippen LogP contribution in [0.2, 0.25) is 0 Å². The number of carbonyl (C=O) groups excluding carboxylic acids is 1. The summed E-state index contributed by atoms with van der Waals surface area (Å²) >= 11 is 1.07. The number of nitrogens with one attached hydrogen (secondary N) is 2. The van der Waals surface area contributed by atoms with Crippen molar-refractivity contribution in [2.75, 3.05) is 16.7 Å². The average molecular weight is 333 g/mol. The molecule has 0 atom stereocenters. The van der Waals surface area contributed by atoms with Crippen molar-refractivity contribution in [3.63, 3.8) is 0 Å². The first-order chi connectivity index (χ1) is 9.92. The van der Waals surface area contributed by atoms with E-state index in [0.717, 1.165) is 29.5 Å². The van der Waals surface area contributed by atoms with Gasteiger partial charge in [-0.05, 0) is 18.2 Å². The van der Waals surface area contributed by atoms with Gasteiger partial charge in [-0.15, -0.1) is 11.3 Å². The van der Waals surface area contributed by atoms with Crippen LogP contribution in [-0.2, 0) is 14.8 Å². The summed E-state index contributed by atoms with van der Waals surface area (Å²) in [6.07, 6.45) is 1.42. The molecule has 0 aliphatic rings. The summed E-state index contributed by atoms with van der Waals surface area (Å²) in [5.74, 6) is -2.01. The lowest BCUT2D eigenvalue weighted by Gasteiger charge is -2.08. The molecule has 2 aromatic rings. The van der Waals surface area contributed by atoms with E-state index in [4.69, 9.17) is 0 Å². The van der Waals surface area contributed by atoms with Crippen LogP contribution in [0.4, 0.5) is 19.6 Å². The molecule has 2 N–H and O–H groups in total. The van der Waals surface area contributed by atoms with Gasteiger partial charge in [0.25, 0.3) is 15.9 Å². The summed E-state index contributed by atoms with van der Waals surface area (Å²) in [6, 6.07) is 2.86. The maximum atomic E-state index is 13.7. The molecule has 1 aromatic carbocycles. The maximum absolute atomic E-state index is 13.7. The van der Waals surface area contributed by atoms with Gasteiger partial charge in [-0.25, -0.2) is 22.2 Å². The summed E-state index contributed by atoms with van der Waals surface area (Å²) in [7, 11) is -3.99. The molecule has 10 heteroatoms. The lowest BCUT2D eigenvalue weighted by atomic mass is 10.3. The molecule has 6 nitrogen and oxygen atoms in total. The van der Waals surface area contributed by atoms with Gasteiger partial charge in [-0.3, -0.25) is 9.52 Å². The van der Waals surface area contributed by atoms with E-state index in [-0.39, 0.29) is 15.7 Å². The highest BCUT2D eigenvalue weighted by Crippen LogP contribution is 2.22. The van der Waals surface area contributed by atoms with Crippen LogP contribution in [0.1, 0.15) is 0 Å². The van der Waals surface area contributed by atoms with Gasteiger partial charge in [0.2, 0.25) is 0 Å². The second-order valence-corrected chi connectivity index (χ2v) is 6.34. The molecule has 1 aromatic heterocycles. The molecule has 0 bridgehead atoms. The highest BCUT2D eigenvalue weighted by atomic mass is 32.2. The molecule has 2 rings (SSSR count). The molecular weight excluding hydrogens is 324 g/mol. The normalized spacial score (nSPS) is 11.1. The van der Waals surface area contributed by atoms with E-state index < -0.39 is 28.4 Å². The number of aromatic nitrogens is 1. The van der Waals surface area contributed by atoms with Gasteiger partial charge in [0.05, 0.1) is 10.6 Å². The third-order valence-corrected chi connectivity index (χ3v) is 4.45. The van der Waals surface area contributed by atoms with Crippen molar-refractivity contribution < 1.29 is 22.0 Å². The molecule has 0 fully saturated rings. The fourth-order valence-electron chi connectivity index (χ4n) is 1.40. The van der Waals surface area contributed by atoms with E-state index in [2.05, 4.69) is 9.71 Å². The number of hydrogen-bond donors (Lipinski definition) is 2. The quantitative estimate of drug-likeness (QED) is 0.876. The average Bonchev–Trinajstić information content (AvgIpc) is 2.92. The number of sulfonamides is 1. The van der Waals surface area contributed by atoms with Crippen LogP contribution in [0.25, 0.3) is 0 Å². The fourth-order valence-corrected chi connectivity index (χ4v) is 3.20. The first-order valence-electron chi connectivity index (χ1n) is 5.50.